The molecule has 18 rings (SSSR count). The number of aryl methyl sites for hydroxylation is 14. The fourth-order valence-corrected chi connectivity index (χ4v) is 14.5. The van der Waals surface area contributed by atoms with Crippen molar-refractivity contribution in [2.45, 2.75) is 96.9 Å². The highest BCUT2D eigenvalue weighted by Gasteiger charge is 2.08. The van der Waals surface area contributed by atoms with Crippen LogP contribution in [0.2, 0.25) is 0 Å². The van der Waals surface area contributed by atoms with E-state index in [2.05, 4.69) is 534 Å². The molecule has 18 aromatic rings. The summed E-state index contributed by atoms with van der Waals surface area (Å²) in [6.07, 6.45) is 0. The van der Waals surface area contributed by atoms with E-state index in [0.29, 0.717) is 0 Å². The summed E-state index contributed by atoms with van der Waals surface area (Å²) in [4.78, 5) is 0. The van der Waals surface area contributed by atoms with Gasteiger partial charge in [0.1, 0.15) is 0 Å². The van der Waals surface area contributed by atoms with Crippen LogP contribution in [0.4, 0.5) is 0 Å². The van der Waals surface area contributed by atoms with Crippen molar-refractivity contribution in [2.75, 3.05) is 0 Å². The first kappa shape index (κ1) is 87.3. The van der Waals surface area contributed by atoms with E-state index in [0.717, 1.165) is 0 Å². The molecule has 0 nitrogen and oxygen atoms in total. The van der Waals surface area contributed by atoms with Gasteiger partial charge in [0.2, 0.25) is 0 Å². The number of benzene rings is 18. The van der Waals surface area contributed by atoms with Gasteiger partial charge in [0, 0.05) is 0 Å². The maximum absolute atomic E-state index is 2.22. The van der Waals surface area contributed by atoms with Gasteiger partial charge in [-0.2, -0.15) is 0 Å². The van der Waals surface area contributed by atoms with E-state index in [-0.39, 0.29) is 0 Å². The highest BCUT2D eigenvalue weighted by Crippen LogP contribution is 2.32. The Morgan fingerprint density at radius 3 is 0.254 bits per heavy atom. The van der Waals surface area contributed by atoms with Crippen molar-refractivity contribution in [1.82, 2.24) is 0 Å². The number of hydrogen-bond acceptors (Lipinski definition) is 0. The predicted octanol–water partition coefficient (Wildman–Crippen LogP) is 34.5. The van der Waals surface area contributed by atoms with Gasteiger partial charge in [0.25, 0.3) is 0 Å². The fraction of sp³-hybridized carbons (Fsp3) is 0.115. The average molecular weight is 1580 g/mol. The van der Waals surface area contributed by atoms with Crippen LogP contribution in [0.5, 0.6) is 0 Å². The summed E-state index contributed by atoms with van der Waals surface area (Å²) >= 11 is 0. The second kappa shape index (κ2) is 43.6. The number of hydrogen-bond donors (Lipinski definition) is 0. The third-order valence-corrected chi connectivity index (χ3v) is 21.7. The first-order chi connectivity index (χ1) is 59.1. The maximum atomic E-state index is 2.22. The minimum atomic E-state index is 1.26. The van der Waals surface area contributed by atoms with E-state index in [1.807, 2.05) is 0 Å². The zero-order valence-corrected chi connectivity index (χ0v) is 73.6. The predicted molar refractivity (Wildman–Crippen MR) is 531 cm³/mol. The maximum Gasteiger partial charge on any atom is -0.0181 e. The standard InChI is InChI=1S/4C20H18.3C14H14/c1-15-3-7-17(8-4-15)19-11-13-20(14-12-19)18-9-5-16(2)6-10-18;1-15-5-3-7-19(13-15)17-9-11-18(12-10-17)20-8-4-6-16(2)14-20;2*1-15-6-8-17(9-7-15)18-10-12-19(13-11-18)20-5-3-4-16(2)14-20;1-11-5-3-7-13(9-11)14-8-4-6-12(2)10-14;2*1-11-6-8-13(9-7-11)14-5-3-4-12(2)10-14/h4*3-14H,1-2H3;3*3-10H,1-2H3. The molecule has 0 unspecified atom stereocenters. The molecule has 122 heavy (non-hydrogen) atoms. The Morgan fingerprint density at radius 2 is 0.156 bits per heavy atom. The lowest BCUT2D eigenvalue weighted by Gasteiger charge is -2.06. The molecule has 0 N–H and O–H groups in total. The first-order valence-electron chi connectivity index (χ1n) is 42.5. The van der Waals surface area contributed by atoms with Crippen LogP contribution in [-0.2, 0) is 0 Å². The molecule has 0 aromatic heterocycles. The van der Waals surface area contributed by atoms with Gasteiger partial charge in [-0.15, -0.1) is 0 Å². The van der Waals surface area contributed by atoms with Crippen LogP contribution in [0.1, 0.15) is 77.9 Å². The van der Waals surface area contributed by atoms with Crippen molar-refractivity contribution in [1.29, 1.82) is 0 Å². The van der Waals surface area contributed by atoms with Crippen molar-refractivity contribution in [3.05, 3.63) is 515 Å². The summed E-state index contributed by atoms with van der Waals surface area (Å²) in [7, 11) is 0. The van der Waals surface area contributed by atoms with E-state index in [1.165, 1.54) is 200 Å². The molecule has 18 aromatic carbocycles. The average Bonchev–Trinajstić information content (AvgIpc) is 0.835. The second-order valence-electron chi connectivity index (χ2n) is 32.5. The minimum absolute atomic E-state index is 1.26. The molecule has 0 aliphatic rings. The summed E-state index contributed by atoms with van der Waals surface area (Å²) in [5, 5.41) is 0. The zero-order valence-electron chi connectivity index (χ0n) is 73.6. The third-order valence-electron chi connectivity index (χ3n) is 21.7. The zero-order chi connectivity index (χ0) is 85.7. The quantitative estimate of drug-likeness (QED) is 0.121. The normalized spacial score (nSPS) is 10.4. The monoisotopic (exact) mass is 1580 g/mol. The fourth-order valence-electron chi connectivity index (χ4n) is 14.5. The van der Waals surface area contributed by atoms with Gasteiger partial charge < -0.3 is 0 Å². The summed E-state index contributed by atoms with van der Waals surface area (Å²) < 4.78 is 0. The molecule has 0 atom stereocenters. The molecule has 602 valence electrons. The van der Waals surface area contributed by atoms with Crippen LogP contribution < -0.4 is 0 Å². The molecular weight excluding hydrogens is 1470 g/mol. The summed E-state index contributed by atoms with van der Waals surface area (Å²) in [6, 6.07) is 156. The molecule has 0 amide bonds. The van der Waals surface area contributed by atoms with E-state index in [1.54, 1.807) is 0 Å². The highest BCUT2D eigenvalue weighted by molar-refractivity contribution is 5.76. The van der Waals surface area contributed by atoms with Gasteiger partial charge in [-0.05, 0) is 219 Å². The Labute approximate surface area is 729 Å². The van der Waals surface area contributed by atoms with Crippen LogP contribution in [0.3, 0.4) is 0 Å². The van der Waals surface area contributed by atoms with Gasteiger partial charge >= 0.3 is 0 Å². The van der Waals surface area contributed by atoms with Gasteiger partial charge in [-0.1, -0.05) is 515 Å². The van der Waals surface area contributed by atoms with Crippen molar-refractivity contribution in [2.24, 2.45) is 0 Å². The van der Waals surface area contributed by atoms with E-state index >= 15 is 0 Å². The van der Waals surface area contributed by atoms with Gasteiger partial charge in [0.15, 0.2) is 0 Å². The van der Waals surface area contributed by atoms with Crippen molar-refractivity contribution in [3.8, 4) is 122 Å². The molecule has 0 heterocycles. The summed E-state index contributed by atoms with van der Waals surface area (Å²) in [6.45, 7) is 29.7. The van der Waals surface area contributed by atoms with Crippen molar-refractivity contribution in [3.63, 3.8) is 0 Å². The van der Waals surface area contributed by atoms with Crippen LogP contribution in [0, 0.1) is 96.9 Å². The Bertz CT molecular complexity index is 5890. The summed E-state index contributed by atoms with van der Waals surface area (Å²) in [5.41, 5.74) is 46.3. The second-order valence-corrected chi connectivity index (χ2v) is 32.5. The van der Waals surface area contributed by atoms with Gasteiger partial charge in [0.05, 0.1) is 0 Å². The van der Waals surface area contributed by atoms with Crippen LogP contribution >= 0.6 is 0 Å². The molecule has 0 aliphatic heterocycles. The van der Waals surface area contributed by atoms with Crippen molar-refractivity contribution < 1.29 is 0 Å². The molecule has 0 aliphatic carbocycles. The largest absolute Gasteiger partial charge is 0.0614 e. The van der Waals surface area contributed by atoms with Gasteiger partial charge in [-0.25, -0.2) is 0 Å². The number of rotatable bonds is 11. The Morgan fingerprint density at radius 1 is 0.0738 bits per heavy atom. The Balaban J connectivity index is 0.000000131. The molecule has 0 saturated carbocycles. The van der Waals surface area contributed by atoms with Gasteiger partial charge in [-0.3, -0.25) is 0 Å². The molecule has 0 fully saturated rings. The highest BCUT2D eigenvalue weighted by atomic mass is 14.1. The topological polar surface area (TPSA) is 0 Å². The van der Waals surface area contributed by atoms with Crippen molar-refractivity contribution >= 4 is 0 Å². The minimum Gasteiger partial charge on any atom is -0.0614 e. The van der Waals surface area contributed by atoms with Crippen LogP contribution in [0.25, 0.3) is 122 Å². The molecule has 0 bridgehead atoms. The molecule has 0 spiro atoms. The first-order valence-corrected chi connectivity index (χ1v) is 42.5. The molecule has 0 radical (unpaired) electrons. The Kier molecular flexibility index (Phi) is 31.2. The van der Waals surface area contributed by atoms with Crippen LogP contribution in [0.15, 0.2) is 437 Å². The van der Waals surface area contributed by atoms with E-state index in [4.69, 9.17) is 0 Å². The SMILES string of the molecule is Cc1ccc(-c2ccc(-c3ccc(C)cc3)cc2)cc1.Cc1ccc(-c2ccc(-c3cccc(C)c3)cc2)cc1.Cc1ccc(-c2ccc(-c3cccc(C)c3)cc2)cc1.Cc1ccc(-c2cccc(C)c2)cc1.Cc1ccc(-c2cccc(C)c2)cc1.Cc1cccc(-c2ccc(-c3cccc(C)c3)cc2)c1.Cc1cccc(-c2cccc(C)c2)c1. The van der Waals surface area contributed by atoms with Crippen LogP contribution in [-0.4, -0.2) is 0 Å². The summed E-state index contributed by atoms with van der Waals surface area (Å²) in [5.74, 6) is 0. The Hall–Kier alpha value is -14.0. The lowest BCUT2D eigenvalue weighted by Crippen LogP contribution is -1.82. The molecular formula is C122H114. The lowest BCUT2D eigenvalue weighted by atomic mass is 9.99. The third kappa shape index (κ3) is 26.5. The lowest BCUT2D eigenvalue weighted by molar-refractivity contribution is 1.44. The molecule has 0 heteroatoms. The molecule has 0 saturated heterocycles. The smallest absolute Gasteiger partial charge is 0.0181 e. The van der Waals surface area contributed by atoms with E-state index < -0.39 is 0 Å². The van der Waals surface area contributed by atoms with E-state index in [9.17, 15) is 0 Å².